The maximum Gasteiger partial charge on any atom is 0.222 e. The van der Waals surface area contributed by atoms with Crippen molar-refractivity contribution in [2.45, 2.75) is 32.2 Å². The quantitative estimate of drug-likeness (QED) is 0.743. The molecule has 0 saturated carbocycles. The Morgan fingerprint density at radius 1 is 1.38 bits per heavy atom. The molecule has 1 aliphatic rings. The third-order valence-corrected chi connectivity index (χ3v) is 3.04. The molecule has 86 valence electrons. The molecule has 0 atom stereocenters. The van der Waals surface area contributed by atoms with Crippen LogP contribution in [0.5, 0.6) is 0 Å². The van der Waals surface area contributed by atoms with Gasteiger partial charge in [-0.25, -0.2) is 4.98 Å². The predicted octanol–water partition coefficient (Wildman–Crippen LogP) is 2.64. The van der Waals surface area contributed by atoms with Crippen LogP contribution in [0.4, 0.5) is 0 Å². The van der Waals surface area contributed by atoms with Gasteiger partial charge in [-0.1, -0.05) is 18.0 Å². The fourth-order valence-corrected chi connectivity index (χ4v) is 2.16. The van der Waals surface area contributed by atoms with Crippen molar-refractivity contribution in [1.29, 1.82) is 0 Å². The zero-order chi connectivity index (χ0) is 11.4. The highest BCUT2D eigenvalue weighted by Crippen LogP contribution is 2.15. The summed E-state index contributed by atoms with van der Waals surface area (Å²) in [5, 5.41) is 0.486. The van der Waals surface area contributed by atoms with E-state index in [2.05, 4.69) is 4.98 Å². The van der Waals surface area contributed by atoms with Crippen LogP contribution in [0, 0.1) is 0 Å². The van der Waals surface area contributed by atoms with Crippen molar-refractivity contribution in [3.8, 4) is 0 Å². The van der Waals surface area contributed by atoms with Gasteiger partial charge in [-0.3, -0.25) is 4.79 Å². The molecule has 4 heteroatoms. The summed E-state index contributed by atoms with van der Waals surface area (Å²) in [6.07, 6.45) is 5.63. The summed E-state index contributed by atoms with van der Waals surface area (Å²) in [5.74, 6) is 0.255. The molecule has 0 bridgehead atoms. The highest BCUT2D eigenvalue weighted by atomic mass is 35.5. The number of hydrogen-bond donors (Lipinski definition) is 0. The van der Waals surface area contributed by atoms with Crippen molar-refractivity contribution in [2.75, 3.05) is 6.54 Å². The van der Waals surface area contributed by atoms with Crippen LogP contribution in [-0.4, -0.2) is 22.3 Å². The van der Waals surface area contributed by atoms with E-state index in [-0.39, 0.29) is 5.91 Å². The lowest BCUT2D eigenvalue weighted by atomic mass is 10.2. The minimum atomic E-state index is 0.255. The molecule has 0 radical (unpaired) electrons. The molecule has 16 heavy (non-hydrogen) atoms. The molecule has 0 aromatic carbocycles. The van der Waals surface area contributed by atoms with E-state index >= 15 is 0 Å². The van der Waals surface area contributed by atoms with E-state index in [0.29, 0.717) is 18.1 Å². The van der Waals surface area contributed by atoms with Crippen molar-refractivity contribution in [1.82, 2.24) is 9.88 Å². The SMILES string of the molecule is O=C1CCCCCN1Cc1ccnc(Cl)c1. The van der Waals surface area contributed by atoms with Gasteiger partial charge in [-0.2, -0.15) is 0 Å². The average molecular weight is 239 g/mol. The third kappa shape index (κ3) is 2.95. The number of halogens is 1. The number of likely N-dealkylation sites (tertiary alicyclic amines) is 1. The number of nitrogens with zero attached hydrogens (tertiary/aromatic N) is 2. The summed E-state index contributed by atoms with van der Waals surface area (Å²) in [6.45, 7) is 1.51. The van der Waals surface area contributed by atoms with Crippen LogP contribution in [-0.2, 0) is 11.3 Å². The zero-order valence-corrected chi connectivity index (χ0v) is 9.91. The lowest BCUT2D eigenvalue weighted by Crippen LogP contribution is -2.29. The van der Waals surface area contributed by atoms with Crippen molar-refractivity contribution in [3.05, 3.63) is 29.0 Å². The van der Waals surface area contributed by atoms with Gasteiger partial charge < -0.3 is 4.90 Å². The molecule has 1 aromatic rings. The molecule has 0 N–H and O–H groups in total. The summed E-state index contributed by atoms with van der Waals surface area (Å²) in [5.41, 5.74) is 1.05. The monoisotopic (exact) mass is 238 g/mol. The van der Waals surface area contributed by atoms with Crippen LogP contribution in [0.2, 0.25) is 5.15 Å². The topological polar surface area (TPSA) is 33.2 Å². The average Bonchev–Trinajstić information content (AvgIpc) is 2.45. The molecule has 2 heterocycles. The Kier molecular flexibility index (Phi) is 3.78. The Morgan fingerprint density at radius 3 is 3.06 bits per heavy atom. The molecule has 1 amide bonds. The number of hydrogen-bond acceptors (Lipinski definition) is 2. The van der Waals surface area contributed by atoms with Gasteiger partial charge in [0.2, 0.25) is 5.91 Å². The second-order valence-corrected chi connectivity index (χ2v) is 4.50. The predicted molar refractivity (Wildman–Crippen MR) is 63.1 cm³/mol. The molecule has 2 rings (SSSR count). The number of pyridine rings is 1. The first-order chi connectivity index (χ1) is 7.75. The maximum atomic E-state index is 11.8. The first kappa shape index (κ1) is 11.4. The molecule has 1 aliphatic heterocycles. The first-order valence-corrected chi connectivity index (χ1v) is 6.02. The van der Waals surface area contributed by atoms with Gasteiger partial charge in [-0.15, -0.1) is 0 Å². The number of aromatic nitrogens is 1. The molecule has 3 nitrogen and oxygen atoms in total. The van der Waals surface area contributed by atoms with Crippen LogP contribution in [0.15, 0.2) is 18.3 Å². The lowest BCUT2D eigenvalue weighted by molar-refractivity contribution is -0.131. The molecule has 1 aromatic heterocycles. The standard InChI is InChI=1S/C12H15ClN2O/c13-11-8-10(5-6-14-11)9-15-7-3-1-2-4-12(15)16/h5-6,8H,1-4,7,9H2. The van der Waals surface area contributed by atoms with Crippen LogP contribution in [0.25, 0.3) is 0 Å². The number of carbonyl (C=O) groups is 1. The van der Waals surface area contributed by atoms with Crippen molar-refractivity contribution in [2.24, 2.45) is 0 Å². The molecule has 0 unspecified atom stereocenters. The van der Waals surface area contributed by atoms with Gasteiger partial charge in [0.15, 0.2) is 0 Å². The van der Waals surface area contributed by atoms with Crippen LogP contribution in [0.1, 0.15) is 31.2 Å². The minimum Gasteiger partial charge on any atom is -0.338 e. The van der Waals surface area contributed by atoms with Crippen molar-refractivity contribution >= 4 is 17.5 Å². The van der Waals surface area contributed by atoms with E-state index in [1.54, 1.807) is 6.20 Å². The smallest absolute Gasteiger partial charge is 0.222 e. The molecular weight excluding hydrogens is 224 g/mol. The Hall–Kier alpha value is -1.09. The summed E-state index contributed by atoms with van der Waals surface area (Å²) < 4.78 is 0. The van der Waals surface area contributed by atoms with E-state index in [0.717, 1.165) is 31.4 Å². The van der Waals surface area contributed by atoms with E-state index < -0.39 is 0 Å². The molecule has 0 aliphatic carbocycles. The fourth-order valence-electron chi connectivity index (χ4n) is 1.97. The first-order valence-electron chi connectivity index (χ1n) is 5.64. The maximum absolute atomic E-state index is 11.8. The third-order valence-electron chi connectivity index (χ3n) is 2.84. The molecule has 1 fully saturated rings. The van der Waals surface area contributed by atoms with E-state index in [9.17, 15) is 4.79 Å². The van der Waals surface area contributed by atoms with E-state index in [4.69, 9.17) is 11.6 Å². The molecule has 1 saturated heterocycles. The second kappa shape index (κ2) is 5.30. The molecule has 0 spiro atoms. The number of carbonyl (C=O) groups excluding carboxylic acids is 1. The Balaban J connectivity index is 2.05. The molecular formula is C12H15ClN2O. The van der Waals surface area contributed by atoms with Gasteiger partial charge in [0.1, 0.15) is 5.15 Å². The van der Waals surface area contributed by atoms with Gasteiger partial charge in [-0.05, 0) is 30.5 Å². The lowest BCUT2D eigenvalue weighted by Gasteiger charge is -2.20. The second-order valence-electron chi connectivity index (χ2n) is 4.11. The Morgan fingerprint density at radius 2 is 2.25 bits per heavy atom. The summed E-state index contributed by atoms with van der Waals surface area (Å²) >= 11 is 5.82. The highest BCUT2D eigenvalue weighted by molar-refractivity contribution is 6.29. The van der Waals surface area contributed by atoms with Crippen LogP contribution < -0.4 is 0 Å². The van der Waals surface area contributed by atoms with Crippen LogP contribution >= 0.6 is 11.6 Å². The van der Waals surface area contributed by atoms with E-state index in [1.807, 2.05) is 17.0 Å². The summed E-state index contributed by atoms with van der Waals surface area (Å²) in [6, 6.07) is 3.73. The normalized spacial score (nSPS) is 17.3. The van der Waals surface area contributed by atoms with Gasteiger partial charge in [0.25, 0.3) is 0 Å². The zero-order valence-electron chi connectivity index (χ0n) is 9.16. The summed E-state index contributed by atoms with van der Waals surface area (Å²) in [4.78, 5) is 17.6. The Labute approximate surface area is 100 Å². The van der Waals surface area contributed by atoms with Gasteiger partial charge in [0.05, 0.1) is 0 Å². The largest absolute Gasteiger partial charge is 0.338 e. The van der Waals surface area contributed by atoms with E-state index in [1.165, 1.54) is 0 Å². The Bertz CT molecular complexity index is 381. The van der Waals surface area contributed by atoms with Crippen molar-refractivity contribution in [3.63, 3.8) is 0 Å². The van der Waals surface area contributed by atoms with Gasteiger partial charge >= 0.3 is 0 Å². The van der Waals surface area contributed by atoms with Gasteiger partial charge in [0, 0.05) is 25.7 Å². The number of rotatable bonds is 2. The van der Waals surface area contributed by atoms with Crippen LogP contribution in [0.3, 0.4) is 0 Å². The highest BCUT2D eigenvalue weighted by Gasteiger charge is 2.16. The van der Waals surface area contributed by atoms with Crippen molar-refractivity contribution < 1.29 is 4.79 Å². The fraction of sp³-hybridized carbons (Fsp3) is 0.500. The number of amides is 1. The minimum absolute atomic E-state index is 0.255. The summed E-state index contributed by atoms with van der Waals surface area (Å²) in [7, 11) is 0.